The second kappa shape index (κ2) is 6.77. The smallest absolute Gasteiger partial charge is 0.0731 e. The molecule has 0 radical (unpaired) electrons. The number of pyridine rings is 1. The molecular weight excluding hydrogens is 348 g/mol. The molecular formula is C23H22N4O. The lowest BCUT2D eigenvalue weighted by molar-refractivity contribution is 0.198. The summed E-state index contributed by atoms with van der Waals surface area (Å²) in [6, 6.07) is 15.0. The van der Waals surface area contributed by atoms with Crippen LogP contribution in [-0.4, -0.2) is 39.1 Å². The van der Waals surface area contributed by atoms with E-state index in [1.807, 2.05) is 36.5 Å². The van der Waals surface area contributed by atoms with Gasteiger partial charge in [-0.05, 0) is 35.1 Å². The molecule has 5 heteroatoms. The van der Waals surface area contributed by atoms with Gasteiger partial charge >= 0.3 is 0 Å². The lowest BCUT2D eigenvalue weighted by Gasteiger charge is -2.19. The molecule has 0 aliphatic carbocycles. The van der Waals surface area contributed by atoms with Gasteiger partial charge in [-0.2, -0.15) is 5.10 Å². The third kappa shape index (κ3) is 3.04. The van der Waals surface area contributed by atoms with Crippen LogP contribution in [-0.2, 0) is 7.05 Å². The quantitative estimate of drug-likeness (QED) is 0.595. The van der Waals surface area contributed by atoms with Crippen molar-refractivity contribution >= 4 is 16.5 Å². The molecule has 2 aromatic carbocycles. The predicted molar refractivity (Wildman–Crippen MR) is 112 cm³/mol. The van der Waals surface area contributed by atoms with Gasteiger partial charge in [-0.1, -0.05) is 30.3 Å². The molecule has 0 amide bonds. The van der Waals surface area contributed by atoms with Crippen molar-refractivity contribution in [3.63, 3.8) is 0 Å². The minimum absolute atomic E-state index is 0.229. The zero-order valence-electron chi connectivity index (χ0n) is 15.8. The molecule has 0 saturated carbocycles. The second-order valence-corrected chi connectivity index (χ2v) is 7.46. The van der Waals surface area contributed by atoms with E-state index in [9.17, 15) is 5.11 Å². The number of aliphatic hydroxyl groups is 1. The Morgan fingerprint density at radius 1 is 0.964 bits per heavy atom. The molecule has 4 aromatic rings. The fourth-order valence-electron chi connectivity index (χ4n) is 3.97. The number of rotatable bonds is 3. The SMILES string of the molecule is Cn1cc(-c2ccc(-c3cncc4ccc(N5CC[C@@H](O)C5)cc34)cc2)cn1. The van der Waals surface area contributed by atoms with Crippen molar-refractivity contribution < 1.29 is 5.11 Å². The highest BCUT2D eigenvalue weighted by Crippen LogP contribution is 2.33. The molecule has 1 fully saturated rings. The van der Waals surface area contributed by atoms with Gasteiger partial charge < -0.3 is 10.0 Å². The number of benzene rings is 2. The number of aliphatic hydroxyl groups excluding tert-OH is 1. The lowest BCUT2D eigenvalue weighted by Crippen LogP contribution is -2.20. The highest BCUT2D eigenvalue weighted by atomic mass is 16.3. The number of aryl methyl sites for hydroxylation is 1. The van der Waals surface area contributed by atoms with Gasteiger partial charge in [0.05, 0.1) is 12.3 Å². The van der Waals surface area contributed by atoms with E-state index in [1.165, 1.54) is 5.39 Å². The first-order valence-electron chi connectivity index (χ1n) is 9.57. The van der Waals surface area contributed by atoms with Gasteiger partial charge in [0.25, 0.3) is 0 Å². The van der Waals surface area contributed by atoms with Gasteiger partial charge in [0.2, 0.25) is 0 Å². The Balaban J connectivity index is 1.54. The number of fused-ring (bicyclic) bond motifs is 1. The van der Waals surface area contributed by atoms with Crippen LogP contribution < -0.4 is 4.90 Å². The molecule has 1 aliphatic heterocycles. The zero-order chi connectivity index (χ0) is 19.1. The van der Waals surface area contributed by atoms with E-state index in [4.69, 9.17) is 0 Å². The average molecular weight is 370 g/mol. The van der Waals surface area contributed by atoms with Crippen molar-refractivity contribution in [3.05, 3.63) is 67.3 Å². The fraction of sp³-hybridized carbons (Fsp3) is 0.217. The Kier molecular flexibility index (Phi) is 4.10. The fourth-order valence-corrected chi connectivity index (χ4v) is 3.97. The normalized spacial score (nSPS) is 16.8. The first kappa shape index (κ1) is 17.0. The van der Waals surface area contributed by atoms with Gasteiger partial charge in [-0.25, -0.2) is 0 Å². The molecule has 5 rings (SSSR count). The molecule has 0 spiro atoms. The molecule has 0 bridgehead atoms. The van der Waals surface area contributed by atoms with Crippen LogP contribution in [0.3, 0.4) is 0 Å². The van der Waals surface area contributed by atoms with Gasteiger partial charge in [0.15, 0.2) is 0 Å². The van der Waals surface area contributed by atoms with Crippen molar-refractivity contribution in [2.75, 3.05) is 18.0 Å². The summed E-state index contributed by atoms with van der Waals surface area (Å²) in [7, 11) is 1.93. The van der Waals surface area contributed by atoms with E-state index in [0.717, 1.165) is 46.3 Å². The molecule has 0 unspecified atom stereocenters. The minimum atomic E-state index is -0.229. The van der Waals surface area contributed by atoms with E-state index < -0.39 is 0 Å². The van der Waals surface area contributed by atoms with Crippen LogP contribution in [0.4, 0.5) is 5.69 Å². The maximum Gasteiger partial charge on any atom is 0.0731 e. The highest BCUT2D eigenvalue weighted by molar-refractivity contribution is 5.98. The zero-order valence-corrected chi connectivity index (χ0v) is 15.8. The Labute approximate surface area is 163 Å². The molecule has 3 heterocycles. The van der Waals surface area contributed by atoms with Crippen LogP contribution in [0.2, 0.25) is 0 Å². The van der Waals surface area contributed by atoms with Crippen LogP contribution in [0.25, 0.3) is 33.0 Å². The van der Waals surface area contributed by atoms with E-state index in [2.05, 4.69) is 57.4 Å². The van der Waals surface area contributed by atoms with Crippen molar-refractivity contribution in [2.45, 2.75) is 12.5 Å². The molecule has 2 aromatic heterocycles. The van der Waals surface area contributed by atoms with Crippen LogP contribution in [0.15, 0.2) is 67.3 Å². The number of hydrogen-bond acceptors (Lipinski definition) is 4. The summed E-state index contributed by atoms with van der Waals surface area (Å²) in [5, 5.41) is 16.4. The van der Waals surface area contributed by atoms with E-state index in [-0.39, 0.29) is 6.10 Å². The first-order chi connectivity index (χ1) is 13.7. The summed E-state index contributed by atoms with van der Waals surface area (Å²) in [4.78, 5) is 6.70. The number of nitrogens with zero attached hydrogens (tertiary/aromatic N) is 4. The van der Waals surface area contributed by atoms with Crippen LogP contribution in [0, 0.1) is 0 Å². The van der Waals surface area contributed by atoms with E-state index in [1.54, 1.807) is 0 Å². The topological polar surface area (TPSA) is 54.2 Å². The monoisotopic (exact) mass is 370 g/mol. The molecule has 5 nitrogen and oxygen atoms in total. The van der Waals surface area contributed by atoms with Crippen molar-refractivity contribution in [1.82, 2.24) is 14.8 Å². The Bertz CT molecular complexity index is 1130. The van der Waals surface area contributed by atoms with Crippen LogP contribution >= 0.6 is 0 Å². The standard InChI is InChI=1S/C23H22N4O/c1-26-14-19(12-25-26)16-2-4-17(5-3-16)23-13-24-11-18-6-7-20(10-22(18)23)27-9-8-21(28)15-27/h2-7,10-14,21,28H,8-9,15H2,1H3/t21-/m1/s1. The van der Waals surface area contributed by atoms with Gasteiger partial charge in [0, 0.05) is 60.9 Å². The lowest BCUT2D eigenvalue weighted by atomic mass is 9.98. The summed E-state index contributed by atoms with van der Waals surface area (Å²) < 4.78 is 1.81. The Morgan fingerprint density at radius 3 is 2.50 bits per heavy atom. The molecule has 1 N–H and O–H groups in total. The number of aromatic nitrogens is 3. The third-order valence-electron chi connectivity index (χ3n) is 5.51. The number of anilines is 1. The Hall–Kier alpha value is -3.18. The summed E-state index contributed by atoms with van der Waals surface area (Å²) >= 11 is 0. The summed E-state index contributed by atoms with van der Waals surface area (Å²) in [5.41, 5.74) is 5.68. The van der Waals surface area contributed by atoms with E-state index >= 15 is 0 Å². The van der Waals surface area contributed by atoms with Gasteiger partial charge in [-0.3, -0.25) is 9.67 Å². The third-order valence-corrected chi connectivity index (χ3v) is 5.51. The summed E-state index contributed by atoms with van der Waals surface area (Å²) in [5.74, 6) is 0. The first-order valence-corrected chi connectivity index (χ1v) is 9.57. The molecule has 28 heavy (non-hydrogen) atoms. The second-order valence-electron chi connectivity index (χ2n) is 7.46. The van der Waals surface area contributed by atoms with Gasteiger partial charge in [-0.15, -0.1) is 0 Å². The molecule has 1 aliphatic rings. The predicted octanol–water partition coefficient (Wildman–Crippen LogP) is 3.87. The minimum Gasteiger partial charge on any atom is -0.391 e. The molecule has 1 atom stereocenters. The average Bonchev–Trinajstić information content (AvgIpc) is 3.36. The Morgan fingerprint density at radius 2 is 1.79 bits per heavy atom. The van der Waals surface area contributed by atoms with Crippen molar-refractivity contribution in [1.29, 1.82) is 0 Å². The maximum atomic E-state index is 9.87. The van der Waals surface area contributed by atoms with Crippen LogP contribution in [0.5, 0.6) is 0 Å². The van der Waals surface area contributed by atoms with Gasteiger partial charge in [0.1, 0.15) is 0 Å². The number of β-amino-alcohol motifs (C(OH)–C–C–N with tert-alkyl or cyclic N) is 1. The summed E-state index contributed by atoms with van der Waals surface area (Å²) in [6.07, 6.45) is 8.34. The van der Waals surface area contributed by atoms with Crippen LogP contribution in [0.1, 0.15) is 6.42 Å². The largest absolute Gasteiger partial charge is 0.391 e. The molecule has 140 valence electrons. The number of hydrogen-bond donors (Lipinski definition) is 1. The molecule has 1 saturated heterocycles. The maximum absolute atomic E-state index is 9.87. The highest BCUT2D eigenvalue weighted by Gasteiger charge is 2.20. The van der Waals surface area contributed by atoms with E-state index in [0.29, 0.717) is 6.54 Å². The van der Waals surface area contributed by atoms with Crippen molar-refractivity contribution in [3.8, 4) is 22.3 Å². The summed E-state index contributed by atoms with van der Waals surface area (Å²) in [6.45, 7) is 1.60. The van der Waals surface area contributed by atoms with Crippen molar-refractivity contribution in [2.24, 2.45) is 7.05 Å².